The van der Waals surface area contributed by atoms with Crippen molar-refractivity contribution in [2.45, 2.75) is 26.4 Å². The van der Waals surface area contributed by atoms with Gasteiger partial charge in [-0.25, -0.2) is 4.39 Å². The third kappa shape index (κ3) is 2.71. The lowest BCUT2D eigenvalue weighted by atomic mass is 10.0. The molecule has 0 radical (unpaired) electrons. The van der Waals surface area contributed by atoms with Gasteiger partial charge in [0.1, 0.15) is 6.10 Å². The molecule has 3 nitrogen and oxygen atoms in total. The van der Waals surface area contributed by atoms with Crippen LogP contribution in [0, 0.1) is 12.7 Å². The van der Waals surface area contributed by atoms with Crippen molar-refractivity contribution in [3.8, 4) is 5.75 Å². The fraction of sp³-hybridized carbons (Fsp3) is 0.286. The predicted molar refractivity (Wildman–Crippen MR) is 69.3 cm³/mol. The second-order valence-corrected chi connectivity index (χ2v) is 4.44. The summed E-state index contributed by atoms with van der Waals surface area (Å²) in [5.74, 6) is 5.33. The van der Waals surface area contributed by atoms with Gasteiger partial charge in [0, 0.05) is 12.1 Å². The number of hydrazine groups is 1. The summed E-state index contributed by atoms with van der Waals surface area (Å²) in [6.45, 7) is 3.78. The zero-order valence-corrected chi connectivity index (χ0v) is 10.5. The molecule has 0 fully saturated rings. The van der Waals surface area contributed by atoms with Gasteiger partial charge in [-0.05, 0) is 43.2 Å². The van der Waals surface area contributed by atoms with Crippen LogP contribution in [-0.4, -0.2) is 6.10 Å². The summed E-state index contributed by atoms with van der Waals surface area (Å²) in [5.41, 5.74) is 5.39. The largest absolute Gasteiger partial charge is 0.483 e. The summed E-state index contributed by atoms with van der Waals surface area (Å²) >= 11 is 0. The number of benzene rings is 1. The van der Waals surface area contributed by atoms with Crippen molar-refractivity contribution in [2.24, 2.45) is 5.84 Å². The lowest BCUT2D eigenvalue weighted by molar-refractivity contribution is 0.238. The standard InChI is InChI=1S/C14H17FN2O/c1-9-3-6-14(12(15)7-9)18-11-4-5-13(17-16)10(2)8-11/h3,5-8,11,17H,4,16H2,1-2H3. The van der Waals surface area contributed by atoms with E-state index in [4.69, 9.17) is 10.6 Å². The van der Waals surface area contributed by atoms with Crippen molar-refractivity contribution in [1.82, 2.24) is 5.43 Å². The Morgan fingerprint density at radius 2 is 2.17 bits per heavy atom. The minimum atomic E-state index is -0.326. The number of allylic oxidation sites excluding steroid dienone is 1. The van der Waals surface area contributed by atoms with E-state index in [1.807, 2.05) is 32.1 Å². The molecule has 1 atom stereocenters. The summed E-state index contributed by atoms with van der Waals surface area (Å²) in [5, 5.41) is 0. The van der Waals surface area contributed by atoms with Crippen molar-refractivity contribution in [2.75, 3.05) is 0 Å². The number of aryl methyl sites for hydroxylation is 1. The molecule has 0 bridgehead atoms. The first kappa shape index (κ1) is 12.6. The van der Waals surface area contributed by atoms with Crippen molar-refractivity contribution >= 4 is 0 Å². The van der Waals surface area contributed by atoms with Crippen LogP contribution in [0.15, 0.2) is 41.6 Å². The maximum atomic E-state index is 13.7. The van der Waals surface area contributed by atoms with Crippen LogP contribution in [0.5, 0.6) is 5.75 Å². The fourth-order valence-corrected chi connectivity index (χ4v) is 1.95. The van der Waals surface area contributed by atoms with E-state index in [0.29, 0.717) is 6.42 Å². The van der Waals surface area contributed by atoms with E-state index < -0.39 is 0 Å². The number of halogens is 1. The van der Waals surface area contributed by atoms with Crippen LogP contribution >= 0.6 is 0 Å². The molecule has 1 aromatic rings. The molecule has 3 N–H and O–H groups in total. The van der Waals surface area contributed by atoms with E-state index in [1.54, 1.807) is 6.07 Å². The van der Waals surface area contributed by atoms with Crippen LogP contribution in [0.4, 0.5) is 4.39 Å². The van der Waals surface area contributed by atoms with Crippen LogP contribution in [0.25, 0.3) is 0 Å². The zero-order chi connectivity index (χ0) is 13.1. The van der Waals surface area contributed by atoms with E-state index >= 15 is 0 Å². The van der Waals surface area contributed by atoms with Gasteiger partial charge in [0.2, 0.25) is 0 Å². The van der Waals surface area contributed by atoms with Gasteiger partial charge in [0.25, 0.3) is 0 Å². The van der Waals surface area contributed by atoms with E-state index in [1.165, 1.54) is 6.07 Å². The molecule has 0 aromatic heterocycles. The molecule has 0 heterocycles. The van der Waals surface area contributed by atoms with E-state index in [2.05, 4.69) is 5.43 Å². The van der Waals surface area contributed by atoms with Crippen molar-refractivity contribution < 1.29 is 9.13 Å². The minimum Gasteiger partial charge on any atom is -0.483 e. The van der Waals surface area contributed by atoms with E-state index in [-0.39, 0.29) is 17.7 Å². The van der Waals surface area contributed by atoms with Crippen LogP contribution in [0.2, 0.25) is 0 Å². The maximum absolute atomic E-state index is 13.7. The summed E-state index contributed by atoms with van der Waals surface area (Å²) < 4.78 is 19.3. The number of hydrogen-bond donors (Lipinski definition) is 2. The average molecular weight is 248 g/mol. The fourth-order valence-electron chi connectivity index (χ4n) is 1.95. The highest BCUT2D eigenvalue weighted by Crippen LogP contribution is 2.24. The number of nitrogens with two attached hydrogens (primary N) is 1. The summed E-state index contributed by atoms with van der Waals surface area (Å²) in [6.07, 6.45) is 4.41. The van der Waals surface area contributed by atoms with Crippen LogP contribution in [0.3, 0.4) is 0 Å². The molecular weight excluding hydrogens is 231 g/mol. The third-order valence-corrected chi connectivity index (χ3v) is 2.94. The lowest BCUT2D eigenvalue weighted by Crippen LogP contribution is -2.26. The van der Waals surface area contributed by atoms with Gasteiger partial charge in [-0.1, -0.05) is 12.1 Å². The predicted octanol–water partition coefficient (Wildman–Crippen LogP) is 2.58. The Bertz CT molecular complexity index is 509. The normalized spacial score (nSPS) is 19.0. The van der Waals surface area contributed by atoms with Crippen LogP contribution < -0.4 is 16.0 Å². The first-order chi connectivity index (χ1) is 8.60. The highest BCUT2D eigenvalue weighted by Gasteiger charge is 2.15. The number of rotatable bonds is 3. The zero-order valence-electron chi connectivity index (χ0n) is 10.5. The first-order valence-electron chi connectivity index (χ1n) is 5.88. The molecular formula is C14H17FN2O. The smallest absolute Gasteiger partial charge is 0.165 e. The summed E-state index contributed by atoms with van der Waals surface area (Å²) in [4.78, 5) is 0. The number of hydrogen-bond acceptors (Lipinski definition) is 3. The lowest BCUT2D eigenvalue weighted by Gasteiger charge is -2.21. The first-order valence-corrected chi connectivity index (χ1v) is 5.88. The Hall–Kier alpha value is -1.81. The number of nitrogens with one attached hydrogen (secondary N) is 1. The van der Waals surface area contributed by atoms with Gasteiger partial charge in [0.15, 0.2) is 11.6 Å². The van der Waals surface area contributed by atoms with Crippen LogP contribution in [-0.2, 0) is 0 Å². The SMILES string of the molecule is CC1=CC(Oc2ccc(C)cc2F)CC=C1NN. The van der Waals surface area contributed by atoms with Crippen molar-refractivity contribution in [3.05, 3.63) is 53.0 Å². The molecule has 1 aliphatic rings. The average Bonchev–Trinajstić information content (AvgIpc) is 2.33. The second-order valence-electron chi connectivity index (χ2n) is 4.44. The quantitative estimate of drug-likeness (QED) is 0.638. The van der Waals surface area contributed by atoms with Crippen molar-refractivity contribution in [1.29, 1.82) is 0 Å². The Morgan fingerprint density at radius 3 is 2.78 bits per heavy atom. The molecule has 0 saturated carbocycles. The van der Waals surface area contributed by atoms with Gasteiger partial charge in [0.05, 0.1) is 0 Å². The minimum absolute atomic E-state index is 0.153. The molecule has 1 unspecified atom stereocenters. The van der Waals surface area contributed by atoms with Crippen molar-refractivity contribution in [3.63, 3.8) is 0 Å². The molecule has 0 aliphatic heterocycles. The molecule has 2 rings (SSSR count). The summed E-state index contributed by atoms with van der Waals surface area (Å²) in [6, 6.07) is 4.96. The maximum Gasteiger partial charge on any atom is 0.165 e. The van der Waals surface area contributed by atoms with Gasteiger partial charge >= 0.3 is 0 Å². The Kier molecular flexibility index (Phi) is 3.67. The second kappa shape index (κ2) is 5.23. The Balaban J connectivity index is 2.10. The highest BCUT2D eigenvalue weighted by atomic mass is 19.1. The van der Waals surface area contributed by atoms with Gasteiger partial charge in [-0.15, -0.1) is 0 Å². The van der Waals surface area contributed by atoms with Gasteiger partial charge in [-0.2, -0.15) is 0 Å². The molecule has 0 amide bonds. The Morgan fingerprint density at radius 1 is 1.39 bits per heavy atom. The monoisotopic (exact) mass is 248 g/mol. The van der Waals surface area contributed by atoms with Gasteiger partial charge in [-0.3, -0.25) is 5.84 Å². The van der Waals surface area contributed by atoms with E-state index in [9.17, 15) is 4.39 Å². The topological polar surface area (TPSA) is 47.3 Å². The summed E-state index contributed by atoms with van der Waals surface area (Å²) in [7, 11) is 0. The molecule has 0 spiro atoms. The van der Waals surface area contributed by atoms with Crippen LogP contribution in [0.1, 0.15) is 18.9 Å². The molecule has 18 heavy (non-hydrogen) atoms. The third-order valence-electron chi connectivity index (χ3n) is 2.94. The van der Waals surface area contributed by atoms with Gasteiger partial charge < -0.3 is 10.2 Å². The molecule has 1 aliphatic carbocycles. The molecule has 96 valence electrons. The van der Waals surface area contributed by atoms with E-state index in [0.717, 1.165) is 16.8 Å². The molecule has 1 aromatic carbocycles. The molecule has 4 heteroatoms. The Labute approximate surface area is 106 Å². The molecule has 0 saturated heterocycles. The highest BCUT2D eigenvalue weighted by molar-refractivity contribution is 5.34. The number of ether oxygens (including phenoxy) is 1.